The summed E-state index contributed by atoms with van der Waals surface area (Å²) in [5.41, 5.74) is 2.60. The van der Waals surface area contributed by atoms with Crippen LogP contribution < -0.4 is 10.2 Å². The third-order valence-corrected chi connectivity index (χ3v) is 7.65. The maximum Gasteiger partial charge on any atom is 0.232 e. The SMILES string of the molecule is Cc1cc(Nc2nc(N(C)c3c(F)cc(S(C)(=O)=O)cc3F)nc(-c3cnn(C)c3C(C)O)c2C2CC2)n[nH]1. The molecule has 0 radical (unpaired) electrons. The Morgan fingerprint density at radius 3 is 2.41 bits per heavy atom. The van der Waals surface area contributed by atoms with Crippen LogP contribution in [0.4, 0.5) is 32.1 Å². The average Bonchev–Trinajstić information content (AvgIpc) is 3.48. The molecule has 1 fully saturated rings. The Kier molecular flexibility index (Phi) is 6.63. The molecule has 3 heterocycles. The summed E-state index contributed by atoms with van der Waals surface area (Å²) < 4.78 is 55.7. The zero-order chi connectivity index (χ0) is 28.2. The largest absolute Gasteiger partial charge is 0.387 e. The van der Waals surface area contributed by atoms with Crippen LogP contribution in [0.2, 0.25) is 0 Å². The van der Waals surface area contributed by atoms with Gasteiger partial charge in [0.25, 0.3) is 0 Å². The quantitative estimate of drug-likeness (QED) is 0.292. The number of hydrogen-bond donors (Lipinski definition) is 3. The summed E-state index contributed by atoms with van der Waals surface area (Å²) in [6, 6.07) is 3.32. The summed E-state index contributed by atoms with van der Waals surface area (Å²) in [4.78, 5) is 10.0. The Bertz CT molecular complexity index is 1660. The van der Waals surface area contributed by atoms with Crippen molar-refractivity contribution in [3.05, 3.63) is 53.0 Å². The van der Waals surface area contributed by atoms with Crippen LogP contribution in [0.25, 0.3) is 11.3 Å². The van der Waals surface area contributed by atoms with Gasteiger partial charge in [0.05, 0.1) is 28.6 Å². The molecule has 0 saturated heterocycles. The standard InChI is InChI=1S/C25H28F2N8O3S/c1-12-8-19(33-32-12)29-24-20(14-6-7-14)21(16-11-28-35(4)22(16)13(2)36)30-25(31-24)34(3)23-17(26)9-15(10-18(23)27)39(5,37)38/h8-11,13-14,36H,6-7H2,1-5H3,(H2,29,30,31,32,33). The maximum absolute atomic E-state index is 15.2. The first kappa shape index (κ1) is 26.7. The fraction of sp³-hybridized carbons (Fsp3) is 0.360. The molecule has 0 spiro atoms. The highest BCUT2D eigenvalue weighted by atomic mass is 32.2. The third-order valence-electron chi connectivity index (χ3n) is 6.56. The number of benzene rings is 1. The number of hydrogen-bond acceptors (Lipinski definition) is 9. The predicted molar refractivity (Wildman–Crippen MR) is 141 cm³/mol. The normalized spacial score (nSPS) is 14.5. The Labute approximate surface area is 223 Å². The molecule has 1 atom stereocenters. The number of nitrogens with one attached hydrogen (secondary N) is 2. The number of nitrogens with zero attached hydrogens (tertiary/aromatic N) is 6. The van der Waals surface area contributed by atoms with Crippen LogP contribution >= 0.6 is 0 Å². The number of anilines is 4. The van der Waals surface area contributed by atoms with Gasteiger partial charge in [-0.15, -0.1) is 0 Å². The first-order chi connectivity index (χ1) is 18.3. The number of aliphatic hydroxyl groups is 1. The molecule has 14 heteroatoms. The summed E-state index contributed by atoms with van der Waals surface area (Å²) >= 11 is 0. The smallest absolute Gasteiger partial charge is 0.232 e. The van der Waals surface area contributed by atoms with E-state index in [-0.39, 0.29) is 11.9 Å². The minimum absolute atomic E-state index is 0.0607. The molecule has 1 aromatic carbocycles. The number of aryl methyl sites for hydroxylation is 2. The highest BCUT2D eigenvalue weighted by Gasteiger charge is 2.34. The highest BCUT2D eigenvalue weighted by molar-refractivity contribution is 7.90. The van der Waals surface area contributed by atoms with Crippen molar-refractivity contribution < 1.29 is 22.3 Å². The number of sulfone groups is 1. The van der Waals surface area contributed by atoms with Gasteiger partial charge in [0.1, 0.15) is 11.5 Å². The van der Waals surface area contributed by atoms with Crippen LogP contribution in [0.15, 0.2) is 29.3 Å². The number of aromatic amines is 1. The van der Waals surface area contributed by atoms with Gasteiger partial charge in [-0.25, -0.2) is 22.2 Å². The lowest BCUT2D eigenvalue weighted by Crippen LogP contribution is -2.19. The molecule has 39 heavy (non-hydrogen) atoms. The zero-order valence-electron chi connectivity index (χ0n) is 22.0. The molecule has 206 valence electrons. The van der Waals surface area contributed by atoms with Crippen molar-refractivity contribution in [3.8, 4) is 11.3 Å². The monoisotopic (exact) mass is 558 g/mol. The van der Waals surface area contributed by atoms with Crippen molar-refractivity contribution in [2.75, 3.05) is 23.5 Å². The number of rotatable bonds is 8. The van der Waals surface area contributed by atoms with Gasteiger partial charge in [-0.3, -0.25) is 9.78 Å². The lowest BCUT2D eigenvalue weighted by molar-refractivity contribution is 0.189. The maximum atomic E-state index is 15.2. The second-order valence-electron chi connectivity index (χ2n) is 9.78. The number of halogens is 2. The van der Waals surface area contributed by atoms with Crippen molar-refractivity contribution in [1.29, 1.82) is 0 Å². The van der Waals surface area contributed by atoms with Crippen molar-refractivity contribution in [2.45, 2.75) is 43.6 Å². The molecule has 4 aromatic rings. The van der Waals surface area contributed by atoms with E-state index >= 15 is 8.78 Å². The second kappa shape index (κ2) is 9.68. The zero-order valence-corrected chi connectivity index (χ0v) is 22.8. The minimum Gasteiger partial charge on any atom is -0.387 e. The minimum atomic E-state index is -3.84. The Balaban J connectivity index is 1.73. The number of H-pyrrole nitrogens is 1. The van der Waals surface area contributed by atoms with E-state index in [4.69, 9.17) is 4.98 Å². The van der Waals surface area contributed by atoms with Crippen LogP contribution in [0, 0.1) is 18.6 Å². The van der Waals surface area contributed by atoms with Crippen LogP contribution in [0.3, 0.4) is 0 Å². The van der Waals surface area contributed by atoms with Crippen molar-refractivity contribution in [3.63, 3.8) is 0 Å². The van der Waals surface area contributed by atoms with E-state index in [0.29, 0.717) is 28.6 Å². The van der Waals surface area contributed by atoms with Crippen LogP contribution in [-0.4, -0.2) is 56.8 Å². The van der Waals surface area contributed by atoms with Crippen molar-refractivity contribution in [1.82, 2.24) is 29.9 Å². The summed E-state index contributed by atoms with van der Waals surface area (Å²) in [5, 5.41) is 25.1. The van der Waals surface area contributed by atoms with Crippen LogP contribution in [-0.2, 0) is 16.9 Å². The molecule has 1 aliphatic rings. The van der Waals surface area contributed by atoms with Crippen molar-refractivity contribution in [2.24, 2.45) is 7.05 Å². The van der Waals surface area contributed by atoms with Crippen molar-refractivity contribution >= 4 is 33.1 Å². The first-order valence-corrected chi connectivity index (χ1v) is 14.1. The van der Waals surface area contributed by atoms with Crippen LogP contribution in [0.5, 0.6) is 0 Å². The molecular formula is C25H28F2N8O3S. The molecule has 1 saturated carbocycles. The number of aliphatic hydroxyl groups excluding tert-OH is 1. The summed E-state index contributed by atoms with van der Waals surface area (Å²) in [6.45, 7) is 3.46. The molecule has 3 N–H and O–H groups in total. The predicted octanol–water partition coefficient (Wildman–Crippen LogP) is 4.03. The molecule has 0 amide bonds. The molecule has 0 bridgehead atoms. The second-order valence-corrected chi connectivity index (χ2v) is 11.8. The summed E-state index contributed by atoms with van der Waals surface area (Å²) in [6.07, 6.45) is 3.36. The molecule has 0 aliphatic heterocycles. The van der Waals surface area contributed by atoms with Gasteiger partial charge in [-0.1, -0.05) is 0 Å². The van der Waals surface area contributed by atoms with E-state index in [1.54, 1.807) is 30.9 Å². The Morgan fingerprint density at radius 2 is 1.87 bits per heavy atom. The third kappa shape index (κ3) is 5.08. The number of aromatic nitrogens is 6. The summed E-state index contributed by atoms with van der Waals surface area (Å²) in [5.74, 6) is -1.23. The average molecular weight is 559 g/mol. The first-order valence-electron chi connectivity index (χ1n) is 12.2. The fourth-order valence-electron chi connectivity index (χ4n) is 4.57. The molecule has 5 rings (SSSR count). The molecule has 3 aromatic heterocycles. The molecule has 1 aliphatic carbocycles. The van der Waals surface area contributed by atoms with Gasteiger partial charge in [0, 0.05) is 43.2 Å². The van der Waals surface area contributed by atoms with E-state index in [0.717, 1.165) is 47.4 Å². The van der Waals surface area contributed by atoms with Gasteiger partial charge in [-0.2, -0.15) is 15.2 Å². The Hall–Kier alpha value is -3.91. The van der Waals surface area contributed by atoms with Crippen LogP contribution in [0.1, 0.15) is 48.7 Å². The summed E-state index contributed by atoms with van der Waals surface area (Å²) in [7, 11) is -0.746. The topological polar surface area (TPSA) is 142 Å². The lowest BCUT2D eigenvalue weighted by Gasteiger charge is -2.23. The molecular weight excluding hydrogens is 530 g/mol. The van der Waals surface area contributed by atoms with E-state index < -0.39 is 38.2 Å². The van der Waals surface area contributed by atoms with E-state index in [9.17, 15) is 13.5 Å². The van der Waals surface area contributed by atoms with Gasteiger partial charge in [-0.05, 0) is 44.7 Å². The highest BCUT2D eigenvalue weighted by Crippen LogP contribution is 2.49. The van der Waals surface area contributed by atoms with E-state index in [2.05, 4.69) is 25.6 Å². The van der Waals surface area contributed by atoms with Gasteiger partial charge >= 0.3 is 0 Å². The molecule has 1 unspecified atom stereocenters. The van der Waals surface area contributed by atoms with Gasteiger partial charge < -0.3 is 15.3 Å². The fourth-order valence-corrected chi connectivity index (χ4v) is 5.21. The Morgan fingerprint density at radius 1 is 1.21 bits per heavy atom. The van der Waals surface area contributed by atoms with E-state index in [1.807, 2.05) is 6.92 Å². The van der Waals surface area contributed by atoms with E-state index in [1.165, 1.54) is 7.05 Å². The van der Waals surface area contributed by atoms with Gasteiger partial charge in [0.15, 0.2) is 27.3 Å². The lowest BCUT2D eigenvalue weighted by atomic mass is 10.0. The molecule has 11 nitrogen and oxygen atoms in total. The van der Waals surface area contributed by atoms with Gasteiger partial charge in [0.2, 0.25) is 5.95 Å².